The van der Waals surface area contributed by atoms with Crippen LogP contribution in [0.25, 0.3) is 0 Å². The van der Waals surface area contributed by atoms with Gasteiger partial charge in [-0.05, 0) is 25.7 Å². The second kappa shape index (κ2) is 58.6. The van der Waals surface area contributed by atoms with E-state index in [0.29, 0.717) is 25.7 Å². The van der Waals surface area contributed by atoms with Gasteiger partial charge in [0, 0.05) is 25.7 Å². The Hall–Kier alpha value is -2.20. The average molecular weight is 1130 g/mol. The van der Waals surface area contributed by atoms with Crippen LogP contribution in [0.3, 0.4) is 0 Å². The van der Waals surface area contributed by atoms with E-state index in [1.165, 1.54) is 231 Å². The number of aliphatic hydroxyl groups excluding tert-OH is 1. The Labute approximate surface area is 494 Å². The predicted molar refractivity (Wildman–Crippen MR) is 333 cm³/mol. The Kier molecular flexibility index (Phi) is 55.5. The Morgan fingerprint density at radius 1 is 0.275 bits per heavy atom. The highest BCUT2D eigenvalue weighted by atomic mass is 16.7. The molecule has 0 unspecified atom stereocenters. The summed E-state index contributed by atoms with van der Waals surface area (Å²) in [7, 11) is 0. The molecule has 1 fully saturated rings. The first-order chi connectivity index (χ1) is 39.3. The summed E-state index contributed by atoms with van der Waals surface area (Å²) in [6, 6.07) is 0. The van der Waals surface area contributed by atoms with Crippen LogP contribution in [0.2, 0.25) is 0 Å². The van der Waals surface area contributed by atoms with Crippen LogP contribution in [-0.2, 0) is 42.9 Å². The van der Waals surface area contributed by atoms with Crippen molar-refractivity contribution in [3.05, 3.63) is 0 Å². The molecule has 1 heterocycles. The highest BCUT2D eigenvalue weighted by Gasteiger charge is 2.52. The maximum Gasteiger partial charge on any atom is 0.306 e. The van der Waals surface area contributed by atoms with Gasteiger partial charge in [-0.3, -0.25) is 19.2 Å². The van der Waals surface area contributed by atoms with Crippen molar-refractivity contribution in [2.24, 2.45) is 0 Å². The first-order valence-corrected chi connectivity index (χ1v) is 35.3. The molecule has 0 aliphatic carbocycles. The zero-order valence-electron chi connectivity index (χ0n) is 53.3. The van der Waals surface area contributed by atoms with Gasteiger partial charge in [-0.15, -0.1) is 0 Å². The molecule has 0 aromatic heterocycles. The number of hydrogen-bond donors (Lipinski definition) is 1. The quantitative estimate of drug-likeness (QED) is 0.0356. The van der Waals surface area contributed by atoms with Crippen LogP contribution in [0, 0.1) is 0 Å². The van der Waals surface area contributed by atoms with Gasteiger partial charge in [0.25, 0.3) is 0 Å². The van der Waals surface area contributed by atoms with Crippen molar-refractivity contribution in [2.75, 3.05) is 6.61 Å². The van der Waals surface area contributed by atoms with Gasteiger partial charge < -0.3 is 28.8 Å². The largest absolute Gasteiger partial charge is 0.463 e. The molecule has 1 aliphatic rings. The number of unbranched alkanes of at least 4 members (excludes halogenated alkanes) is 48. The summed E-state index contributed by atoms with van der Waals surface area (Å²) >= 11 is 0. The van der Waals surface area contributed by atoms with Gasteiger partial charge in [0.1, 0.15) is 12.7 Å². The molecule has 10 nitrogen and oxygen atoms in total. The summed E-state index contributed by atoms with van der Waals surface area (Å²) in [5.74, 6) is -1.93. The molecule has 1 rings (SSSR count). The summed E-state index contributed by atoms with van der Waals surface area (Å²) in [6.07, 6.45) is 55.6. The van der Waals surface area contributed by atoms with Gasteiger partial charge in [-0.2, -0.15) is 0 Å². The van der Waals surface area contributed by atoms with Crippen LogP contribution in [0.1, 0.15) is 387 Å². The first kappa shape index (κ1) is 75.8. The average Bonchev–Trinajstić information content (AvgIpc) is 3.44. The van der Waals surface area contributed by atoms with E-state index in [9.17, 15) is 24.3 Å². The van der Waals surface area contributed by atoms with Crippen LogP contribution >= 0.6 is 0 Å². The number of rotatable bonds is 61. The van der Waals surface area contributed by atoms with Gasteiger partial charge in [0.15, 0.2) is 24.6 Å². The third-order valence-electron chi connectivity index (χ3n) is 16.8. The van der Waals surface area contributed by atoms with Crippen LogP contribution in [0.15, 0.2) is 0 Å². The van der Waals surface area contributed by atoms with Gasteiger partial charge in [-0.1, -0.05) is 336 Å². The highest BCUT2D eigenvalue weighted by molar-refractivity contribution is 5.72. The summed E-state index contributed by atoms with van der Waals surface area (Å²) in [4.78, 5) is 54.2. The Balaban J connectivity index is 2.96. The minimum Gasteiger partial charge on any atom is -0.463 e. The fourth-order valence-corrected chi connectivity index (χ4v) is 11.5. The van der Waals surface area contributed by atoms with Crippen LogP contribution in [-0.4, -0.2) is 66.3 Å². The van der Waals surface area contributed by atoms with Crippen molar-refractivity contribution in [1.82, 2.24) is 0 Å². The molecule has 0 saturated carbocycles. The number of aliphatic hydroxyl groups is 1. The minimum atomic E-state index is -1.69. The zero-order chi connectivity index (χ0) is 58.0. The topological polar surface area (TPSA) is 135 Å². The van der Waals surface area contributed by atoms with Crippen LogP contribution < -0.4 is 0 Å². The van der Waals surface area contributed by atoms with E-state index in [1.807, 2.05) is 0 Å². The number of hydrogen-bond acceptors (Lipinski definition) is 10. The van der Waals surface area contributed by atoms with Crippen molar-refractivity contribution in [3.63, 3.8) is 0 Å². The summed E-state index contributed by atoms with van der Waals surface area (Å²) in [6.45, 7) is 8.71. The number of ether oxygens (including phenoxy) is 5. The van der Waals surface area contributed by atoms with E-state index < -0.39 is 54.6 Å². The number of esters is 4. The van der Waals surface area contributed by atoms with Crippen molar-refractivity contribution < 1.29 is 48.0 Å². The molecule has 10 heteroatoms. The van der Waals surface area contributed by atoms with Crippen LogP contribution in [0.4, 0.5) is 0 Å². The van der Waals surface area contributed by atoms with E-state index in [1.54, 1.807) is 0 Å². The fraction of sp³-hybridized carbons (Fsp3) is 0.943. The Morgan fingerprint density at radius 2 is 0.475 bits per heavy atom. The van der Waals surface area contributed by atoms with Gasteiger partial charge >= 0.3 is 23.9 Å². The lowest BCUT2D eigenvalue weighted by Gasteiger charge is -2.43. The molecule has 0 radical (unpaired) electrons. The van der Waals surface area contributed by atoms with E-state index in [4.69, 9.17) is 23.7 Å². The second-order valence-corrected chi connectivity index (χ2v) is 24.6. The smallest absolute Gasteiger partial charge is 0.306 e. The molecule has 1 saturated heterocycles. The normalized spacial score (nSPS) is 17.2. The standard InChI is InChI=1S/C70H132O10/c1-5-9-13-17-21-25-29-33-37-41-45-49-53-57-63(71)76-61-62-67(78-64(72)58-54-50-46-42-38-34-30-26-22-18-14-10-6-2)68(79-65(73)59-55-51-47-43-39-35-31-27-23-19-15-11-7-3)69(70(75)77-62)80-66(74)60-56-52-48-44-40-36-32-28-24-20-16-12-8-4/h62,67-70,75H,5-61H2,1-4H3/t62-,67-,68+,69+,70+/m1/s1. The van der Waals surface area contributed by atoms with Crippen molar-refractivity contribution in [2.45, 2.75) is 418 Å². The molecule has 0 aromatic carbocycles. The molecule has 5 atom stereocenters. The summed E-state index contributed by atoms with van der Waals surface area (Å²) in [5.41, 5.74) is 0. The highest BCUT2D eigenvalue weighted by Crippen LogP contribution is 2.30. The number of carbonyl (C=O) groups excluding carboxylic acids is 4. The molecular weight excluding hydrogens is 1000 g/mol. The molecule has 1 N–H and O–H groups in total. The van der Waals surface area contributed by atoms with E-state index in [-0.39, 0.29) is 32.3 Å². The fourth-order valence-electron chi connectivity index (χ4n) is 11.5. The monoisotopic (exact) mass is 1130 g/mol. The second-order valence-electron chi connectivity index (χ2n) is 24.6. The maximum absolute atomic E-state index is 13.8. The lowest BCUT2D eigenvalue weighted by Crippen LogP contribution is -2.62. The lowest BCUT2D eigenvalue weighted by atomic mass is 9.97. The molecule has 0 amide bonds. The molecule has 472 valence electrons. The Bertz CT molecular complexity index is 1370. The first-order valence-electron chi connectivity index (χ1n) is 35.3. The third-order valence-corrected chi connectivity index (χ3v) is 16.8. The molecule has 0 spiro atoms. The molecular formula is C70H132O10. The van der Waals surface area contributed by atoms with Crippen molar-refractivity contribution in [3.8, 4) is 0 Å². The summed E-state index contributed by atoms with van der Waals surface area (Å²) in [5, 5.41) is 11.6. The SMILES string of the molecule is CCCCCCCCCCCCCCCC(=O)OC[C@H]1O[C@H](O)[C@@H](OC(=O)CCCCCCCCCCCCCCC)[C@@H](OC(=O)CCCCCCCCCCCCCCC)[C@@H]1OC(=O)CCCCCCCCCCCCCCC. The van der Waals surface area contributed by atoms with E-state index in [0.717, 1.165) is 77.0 Å². The summed E-state index contributed by atoms with van der Waals surface area (Å²) < 4.78 is 30.1. The van der Waals surface area contributed by atoms with Gasteiger partial charge in [0.05, 0.1) is 0 Å². The molecule has 1 aliphatic heterocycles. The lowest BCUT2D eigenvalue weighted by molar-refractivity contribution is -0.297. The number of carbonyl (C=O) groups is 4. The maximum atomic E-state index is 13.8. The third kappa shape index (κ3) is 47.2. The van der Waals surface area contributed by atoms with Crippen LogP contribution in [0.5, 0.6) is 0 Å². The van der Waals surface area contributed by atoms with E-state index >= 15 is 0 Å². The predicted octanol–water partition coefficient (Wildman–Crippen LogP) is 20.9. The van der Waals surface area contributed by atoms with E-state index in [2.05, 4.69) is 27.7 Å². The van der Waals surface area contributed by atoms with Gasteiger partial charge in [-0.25, -0.2) is 0 Å². The van der Waals surface area contributed by atoms with Crippen molar-refractivity contribution in [1.29, 1.82) is 0 Å². The molecule has 0 bridgehead atoms. The van der Waals surface area contributed by atoms with Crippen molar-refractivity contribution >= 4 is 23.9 Å². The molecule has 80 heavy (non-hydrogen) atoms. The zero-order valence-corrected chi connectivity index (χ0v) is 53.3. The minimum absolute atomic E-state index is 0.142. The Morgan fingerprint density at radius 3 is 0.725 bits per heavy atom. The molecule has 0 aromatic rings. The van der Waals surface area contributed by atoms with Gasteiger partial charge in [0.2, 0.25) is 0 Å².